The van der Waals surface area contributed by atoms with Gasteiger partial charge < -0.3 is 10.2 Å². The maximum Gasteiger partial charge on any atom is 0.133 e. The molecule has 1 aliphatic rings. The Morgan fingerprint density at radius 2 is 2.24 bits per heavy atom. The standard InChI is InChI=1S/C11H16BrN3OS/c1-13-7-9-6-10(12)8-14-11(9)15-2-4-17(16)5-3-15/h6,8,13H,2-5,7H2,1H3. The molecule has 0 aliphatic carbocycles. The molecular weight excluding hydrogens is 302 g/mol. The monoisotopic (exact) mass is 317 g/mol. The second kappa shape index (κ2) is 5.93. The van der Waals surface area contributed by atoms with E-state index in [4.69, 9.17) is 0 Å². The van der Waals surface area contributed by atoms with Crippen LogP contribution in [0.2, 0.25) is 0 Å². The van der Waals surface area contributed by atoms with Crippen molar-refractivity contribution in [2.45, 2.75) is 6.54 Å². The quantitative estimate of drug-likeness (QED) is 0.908. The van der Waals surface area contributed by atoms with E-state index in [2.05, 4.69) is 37.2 Å². The van der Waals surface area contributed by atoms with Crippen molar-refractivity contribution < 1.29 is 4.21 Å². The Balaban J connectivity index is 2.21. The first-order valence-corrected chi connectivity index (χ1v) is 7.88. The van der Waals surface area contributed by atoms with E-state index in [1.54, 1.807) is 0 Å². The number of hydrogen-bond acceptors (Lipinski definition) is 4. The summed E-state index contributed by atoms with van der Waals surface area (Å²) >= 11 is 3.44. The molecule has 0 saturated carbocycles. The Morgan fingerprint density at radius 3 is 2.88 bits per heavy atom. The van der Waals surface area contributed by atoms with Gasteiger partial charge in [-0.1, -0.05) is 0 Å². The van der Waals surface area contributed by atoms with Crippen LogP contribution in [0, 0.1) is 0 Å². The fourth-order valence-corrected chi connectivity index (χ4v) is 3.36. The van der Waals surface area contributed by atoms with Gasteiger partial charge in [0.05, 0.1) is 0 Å². The van der Waals surface area contributed by atoms with Gasteiger partial charge >= 0.3 is 0 Å². The fourth-order valence-electron chi connectivity index (χ4n) is 1.93. The van der Waals surface area contributed by atoms with Crippen LogP contribution in [0.15, 0.2) is 16.7 Å². The van der Waals surface area contributed by atoms with E-state index in [0.717, 1.165) is 41.4 Å². The number of aromatic nitrogens is 1. The SMILES string of the molecule is CNCc1cc(Br)cnc1N1CCS(=O)CC1. The smallest absolute Gasteiger partial charge is 0.133 e. The Hall–Kier alpha value is -0.460. The molecule has 1 aromatic rings. The molecule has 2 rings (SSSR count). The van der Waals surface area contributed by atoms with Gasteiger partial charge in [0.15, 0.2) is 0 Å². The van der Waals surface area contributed by atoms with Crippen LogP contribution >= 0.6 is 15.9 Å². The molecule has 0 bridgehead atoms. The summed E-state index contributed by atoms with van der Waals surface area (Å²) in [6.07, 6.45) is 1.82. The third-order valence-electron chi connectivity index (χ3n) is 2.75. The van der Waals surface area contributed by atoms with Gasteiger partial charge in [-0.3, -0.25) is 4.21 Å². The maximum absolute atomic E-state index is 11.3. The molecule has 0 spiro atoms. The van der Waals surface area contributed by atoms with E-state index < -0.39 is 10.8 Å². The second-order valence-electron chi connectivity index (χ2n) is 4.00. The summed E-state index contributed by atoms with van der Waals surface area (Å²) < 4.78 is 12.3. The topological polar surface area (TPSA) is 45.2 Å². The molecule has 0 aromatic carbocycles. The number of hydrogen-bond donors (Lipinski definition) is 1. The van der Waals surface area contributed by atoms with Crippen LogP contribution in [-0.2, 0) is 17.3 Å². The van der Waals surface area contributed by atoms with Gasteiger partial charge in [-0.25, -0.2) is 4.98 Å². The number of anilines is 1. The third-order valence-corrected chi connectivity index (χ3v) is 4.46. The zero-order valence-corrected chi connectivity index (χ0v) is 12.2. The van der Waals surface area contributed by atoms with E-state index in [9.17, 15) is 4.21 Å². The number of halogens is 1. The average Bonchev–Trinajstić information content (AvgIpc) is 2.31. The van der Waals surface area contributed by atoms with E-state index in [1.165, 1.54) is 5.56 Å². The minimum atomic E-state index is -0.644. The van der Waals surface area contributed by atoms with Crippen molar-refractivity contribution in [2.24, 2.45) is 0 Å². The molecule has 1 aromatic heterocycles. The highest BCUT2D eigenvalue weighted by Crippen LogP contribution is 2.22. The molecule has 1 saturated heterocycles. The fraction of sp³-hybridized carbons (Fsp3) is 0.545. The van der Waals surface area contributed by atoms with Gasteiger partial charge in [0, 0.05) is 58.2 Å². The summed E-state index contributed by atoms with van der Waals surface area (Å²) in [5.74, 6) is 2.51. The first-order chi connectivity index (χ1) is 8.20. The number of nitrogens with one attached hydrogen (secondary N) is 1. The van der Waals surface area contributed by atoms with Crippen LogP contribution in [-0.4, -0.2) is 40.8 Å². The molecule has 1 aliphatic heterocycles. The summed E-state index contributed by atoms with van der Waals surface area (Å²) in [4.78, 5) is 6.71. The van der Waals surface area contributed by atoms with Crippen LogP contribution < -0.4 is 10.2 Å². The number of nitrogens with zero attached hydrogens (tertiary/aromatic N) is 2. The number of rotatable bonds is 3. The zero-order valence-electron chi connectivity index (χ0n) is 9.78. The van der Waals surface area contributed by atoms with Crippen LogP contribution in [0.5, 0.6) is 0 Å². The first-order valence-electron chi connectivity index (χ1n) is 5.59. The zero-order chi connectivity index (χ0) is 12.3. The Labute approximate surface area is 112 Å². The molecule has 2 heterocycles. The summed E-state index contributed by atoms with van der Waals surface area (Å²) in [7, 11) is 1.28. The van der Waals surface area contributed by atoms with Crippen molar-refractivity contribution >= 4 is 32.5 Å². The van der Waals surface area contributed by atoms with E-state index in [-0.39, 0.29) is 0 Å². The lowest BCUT2D eigenvalue weighted by Crippen LogP contribution is -2.39. The molecular formula is C11H16BrN3OS. The summed E-state index contributed by atoms with van der Waals surface area (Å²) in [6.45, 7) is 2.46. The lowest BCUT2D eigenvalue weighted by atomic mass is 10.2. The van der Waals surface area contributed by atoms with Crippen molar-refractivity contribution in [2.75, 3.05) is 36.5 Å². The normalized spacial score (nSPS) is 17.4. The summed E-state index contributed by atoms with van der Waals surface area (Å²) in [5.41, 5.74) is 1.18. The Bertz CT molecular complexity index is 417. The first kappa shape index (κ1) is 13.0. The van der Waals surface area contributed by atoms with E-state index in [0.29, 0.717) is 0 Å². The van der Waals surface area contributed by atoms with Crippen molar-refractivity contribution in [1.82, 2.24) is 10.3 Å². The predicted octanol–water partition coefficient (Wildman–Crippen LogP) is 1.13. The minimum absolute atomic E-state index is 0.644. The molecule has 1 fully saturated rings. The van der Waals surface area contributed by atoms with Crippen LogP contribution in [0.1, 0.15) is 5.56 Å². The molecule has 6 heteroatoms. The predicted molar refractivity (Wildman–Crippen MR) is 74.8 cm³/mol. The minimum Gasteiger partial charge on any atom is -0.355 e. The molecule has 4 nitrogen and oxygen atoms in total. The molecule has 0 radical (unpaired) electrons. The van der Waals surface area contributed by atoms with Crippen molar-refractivity contribution in [3.05, 3.63) is 22.3 Å². The van der Waals surface area contributed by atoms with E-state index >= 15 is 0 Å². The lowest BCUT2D eigenvalue weighted by Gasteiger charge is -2.29. The van der Waals surface area contributed by atoms with Crippen LogP contribution in [0.25, 0.3) is 0 Å². The molecule has 0 amide bonds. The molecule has 0 atom stereocenters. The lowest BCUT2D eigenvalue weighted by molar-refractivity contribution is 0.671. The Morgan fingerprint density at radius 1 is 1.53 bits per heavy atom. The summed E-state index contributed by atoms with van der Waals surface area (Å²) in [6, 6.07) is 2.09. The van der Waals surface area contributed by atoms with Crippen molar-refractivity contribution in [3.63, 3.8) is 0 Å². The van der Waals surface area contributed by atoms with Gasteiger partial charge in [0.2, 0.25) is 0 Å². The van der Waals surface area contributed by atoms with Gasteiger partial charge in [-0.05, 0) is 29.0 Å². The maximum atomic E-state index is 11.3. The molecule has 17 heavy (non-hydrogen) atoms. The molecule has 1 N–H and O–H groups in total. The van der Waals surface area contributed by atoms with E-state index in [1.807, 2.05) is 13.2 Å². The number of pyridine rings is 1. The van der Waals surface area contributed by atoms with Crippen molar-refractivity contribution in [3.8, 4) is 0 Å². The van der Waals surface area contributed by atoms with Crippen LogP contribution in [0.4, 0.5) is 5.82 Å². The van der Waals surface area contributed by atoms with Crippen molar-refractivity contribution in [1.29, 1.82) is 0 Å². The van der Waals surface area contributed by atoms with Gasteiger partial charge in [0.1, 0.15) is 5.82 Å². The van der Waals surface area contributed by atoms with Gasteiger partial charge in [0.25, 0.3) is 0 Å². The highest BCUT2D eigenvalue weighted by Gasteiger charge is 2.18. The van der Waals surface area contributed by atoms with Crippen LogP contribution in [0.3, 0.4) is 0 Å². The largest absolute Gasteiger partial charge is 0.355 e. The highest BCUT2D eigenvalue weighted by molar-refractivity contribution is 9.10. The summed E-state index contributed by atoms with van der Waals surface area (Å²) in [5, 5.41) is 3.15. The van der Waals surface area contributed by atoms with Gasteiger partial charge in [-0.15, -0.1) is 0 Å². The molecule has 94 valence electrons. The third kappa shape index (κ3) is 3.26. The molecule has 0 unspecified atom stereocenters. The van der Waals surface area contributed by atoms with Gasteiger partial charge in [-0.2, -0.15) is 0 Å². The second-order valence-corrected chi connectivity index (χ2v) is 6.61. The highest BCUT2D eigenvalue weighted by atomic mass is 79.9. The Kier molecular flexibility index (Phi) is 4.53. The average molecular weight is 318 g/mol.